The van der Waals surface area contributed by atoms with E-state index < -0.39 is 0 Å². The summed E-state index contributed by atoms with van der Waals surface area (Å²) in [7, 11) is 0. The van der Waals surface area contributed by atoms with Gasteiger partial charge in [-0.25, -0.2) is 0 Å². The molecule has 2 aromatic rings. The minimum atomic E-state index is -0.190. The quantitative estimate of drug-likeness (QED) is 0.708. The van der Waals surface area contributed by atoms with Gasteiger partial charge in [-0.2, -0.15) is 0 Å². The molecule has 0 saturated heterocycles. The Morgan fingerprint density at radius 1 is 1.12 bits per heavy atom. The zero-order chi connectivity index (χ0) is 18.1. The lowest BCUT2D eigenvalue weighted by molar-refractivity contribution is -0.123. The molecule has 25 heavy (non-hydrogen) atoms. The Balaban J connectivity index is 1.66. The van der Waals surface area contributed by atoms with Crippen molar-refractivity contribution in [1.29, 1.82) is 0 Å². The molecule has 0 aliphatic rings. The molecule has 0 saturated carbocycles. The Morgan fingerprint density at radius 3 is 2.44 bits per heavy atom. The van der Waals surface area contributed by atoms with Crippen molar-refractivity contribution in [2.75, 3.05) is 19.8 Å². The van der Waals surface area contributed by atoms with Crippen LogP contribution in [-0.4, -0.2) is 30.2 Å². The van der Waals surface area contributed by atoms with Gasteiger partial charge in [-0.05, 0) is 56.2 Å². The Morgan fingerprint density at radius 2 is 1.80 bits per heavy atom. The lowest BCUT2D eigenvalue weighted by Crippen LogP contribution is -2.30. The number of aromatic nitrogens is 1. The molecule has 0 unspecified atom stereocenters. The standard InChI is InChI=1S/C19H24N2O4/c1-3-24-16-5-7-17(8-6-16)25-14-18(22)20-10-4-11-21-12-9-15(2)13-19(21)23/h5-9,12-13H,3-4,10-11,14H2,1-2H3,(H,20,22). The van der Waals surface area contributed by atoms with E-state index in [0.29, 0.717) is 31.9 Å². The van der Waals surface area contributed by atoms with Crippen LogP contribution in [0, 0.1) is 6.92 Å². The number of aryl methyl sites for hydroxylation is 2. The van der Waals surface area contributed by atoms with E-state index in [1.165, 1.54) is 0 Å². The minimum Gasteiger partial charge on any atom is -0.494 e. The highest BCUT2D eigenvalue weighted by molar-refractivity contribution is 5.77. The molecule has 0 aliphatic carbocycles. The van der Waals surface area contributed by atoms with Crippen LogP contribution in [0.25, 0.3) is 0 Å². The average Bonchev–Trinajstić information content (AvgIpc) is 2.60. The summed E-state index contributed by atoms with van der Waals surface area (Å²) in [6.45, 7) is 5.43. The summed E-state index contributed by atoms with van der Waals surface area (Å²) in [6.07, 6.45) is 2.45. The van der Waals surface area contributed by atoms with Crippen LogP contribution >= 0.6 is 0 Å². The Bertz CT molecular complexity index is 738. The fraction of sp³-hybridized carbons (Fsp3) is 0.368. The van der Waals surface area contributed by atoms with E-state index in [0.717, 1.165) is 11.3 Å². The van der Waals surface area contributed by atoms with E-state index in [1.54, 1.807) is 41.1 Å². The van der Waals surface area contributed by atoms with Crippen LogP contribution in [0.3, 0.4) is 0 Å². The number of pyridine rings is 1. The van der Waals surface area contributed by atoms with Crippen LogP contribution in [0.2, 0.25) is 0 Å². The van der Waals surface area contributed by atoms with E-state index in [2.05, 4.69) is 5.32 Å². The average molecular weight is 344 g/mol. The van der Waals surface area contributed by atoms with Crippen LogP contribution in [0.4, 0.5) is 0 Å². The van der Waals surface area contributed by atoms with Gasteiger partial charge in [0.1, 0.15) is 11.5 Å². The van der Waals surface area contributed by atoms with E-state index in [9.17, 15) is 9.59 Å². The van der Waals surface area contributed by atoms with Crippen molar-refractivity contribution < 1.29 is 14.3 Å². The lowest BCUT2D eigenvalue weighted by atomic mass is 10.3. The first-order chi connectivity index (χ1) is 12.1. The number of nitrogens with zero attached hydrogens (tertiary/aromatic N) is 1. The highest BCUT2D eigenvalue weighted by atomic mass is 16.5. The molecule has 0 radical (unpaired) electrons. The smallest absolute Gasteiger partial charge is 0.257 e. The molecule has 0 fully saturated rings. The predicted octanol–water partition coefficient (Wildman–Crippen LogP) is 2.14. The first-order valence-electron chi connectivity index (χ1n) is 8.38. The number of carbonyl (C=O) groups excluding carboxylic acids is 1. The molecule has 6 nitrogen and oxygen atoms in total. The second-order valence-corrected chi connectivity index (χ2v) is 5.63. The predicted molar refractivity (Wildman–Crippen MR) is 96.2 cm³/mol. The molecule has 1 N–H and O–H groups in total. The van der Waals surface area contributed by atoms with Gasteiger partial charge in [-0.1, -0.05) is 0 Å². The summed E-state index contributed by atoms with van der Waals surface area (Å²) < 4.78 is 12.4. The SMILES string of the molecule is CCOc1ccc(OCC(=O)NCCCn2ccc(C)cc2=O)cc1. The van der Waals surface area contributed by atoms with E-state index in [1.807, 2.05) is 19.9 Å². The van der Waals surface area contributed by atoms with Gasteiger partial charge in [0.25, 0.3) is 11.5 Å². The summed E-state index contributed by atoms with van der Waals surface area (Å²) in [4.78, 5) is 23.5. The number of hydrogen-bond acceptors (Lipinski definition) is 4. The number of hydrogen-bond donors (Lipinski definition) is 1. The van der Waals surface area contributed by atoms with Gasteiger partial charge in [-0.3, -0.25) is 9.59 Å². The fourth-order valence-electron chi connectivity index (χ4n) is 2.27. The number of rotatable bonds is 9. The first kappa shape index (κ1) is 18.6. The van der Waals surface area contributed by atoms with Gasteiger partial charge in [0.15, 0.2) is 6.61 Å². The molecule has 0 spiro atoms. The minimum absolute atomic E-state index is 0.0230. The van der Waals surface area contributed by atoms with Crippen molar-refractivity contribution in [3.63, 3.8) is 0 Å². The molecule has 1 aromatic heterocycles. The molecule has 6 heteroatoms. The molecule has 1 aromatic carbocycles. The number of ether oxygens (including phenoxy) is 2. The zero-order valence-corrected chi connectivity index (χ0v) is 14.7. The largest absolute Gasteiger partial charge is 0.494 e. The summed E-state index contributed by atoms with van der Waals surface area (Å²) in [5.41, 5.74) is 0.922. The van der Waals surface area contributed by atoms with Crippen LogP contribution in [0.1, 0.15) is 18.9 Å². The number of amides is 1. The topological polar surface area (TPSA) is 69.6 Å². The number of carbonyl (C=O) groups is 1. The van der Waals surface area contributed by atoms with Crippen molar-refractivity contribution in [3.8, 4) is 11.5 Å². The Kier molecular flexibility index (Phi) is 7.07. The van der Waals surface area contributed by atoms with Gasteiger partial charge >= 0.3 is 0 Å². The summed E-state index contributed by atoms with van der Waals surface area (Å²) in [6, 6.07) is 10.6. The van der Waals surface area contributed by atoms with Crippen LogP contribution < -0.4 is 20.3 Å². The highest BCUT2D eigenvalue weighted by Gasteiger charge is 2.03. The third kappa shape index (κ3) is 6.33. The Labute approximate surface area is 147 Å². The van der Waals surface area contributed by atoms with E-state index in [-0.39, 0.29) is 18.1 Å². The molecule has 0 bridgehead atoms. The zero-order valence-electron chi connectivity index (χ0n) is 14.7. The van der Waals surface area contributed by atoms with Gasteiger partial charge in [-0.15, -0.1) is 0 Å². The van der Waals surface area contributed by atoms with Crippen molar-refractivity contribution in [2.24, 2.45) is 0 Å². The second-order valence-electron chi connectivity index (χ2n) is 5.63. The van der Waals surface area contributed by atoms with Crippen LogP contribution in [-0.2, 0) is 11.3 Å². The van der Waals surface area contributed by atoms with Gasteiger partial charge in [0, 0.05) is 25.4 Å². The molecule has 0 atom stereocenters. The maximum atomic E-state index is 11.8. The summed E-state index contributed by atoms with van der Waals surface area (Å²) >= 11 is 0. The third-order valence-electron chi connectivity index (χ3n) is 3.55. The second kappa shape index (κ2) is 9.52. The van der Waals surface area contributed by atoms with Gasteiger partial charge < -0.3 is 19.4 Å². The van der Waals surface area contributed by atoms with Crippen molar-refractivity contribution in [2.45, 2.75) is 26.8 Å². The fourth-order valence-corrected chi connectivity index (χ4v) is 2.27. The number of nitrogens with one attached hydrogen (secondary N) is 1. The number of benzene rings is 1. The van der Waals surface area contributed by atoms with Crippen LogP contribution in [0.15, 0.2) is 47.4 Å². The maximum Gasteiger partial charge on any atom is 0.257 e. The van der Waals surface area contributed by atoms with Crippen molar-refractivity contribution in [1.82, 2.24) is 9.88 Å². The molecule has 134 valence electrons. The molecule has 1 heterocycles. The molecule has 2 rings (SSSR count). The normalized spacial score (nSPS) is 10.3. The Hall–Kier alpha value is -2.76. The molecule has 1 amide bonds. The summed E-state index contributed by atoms with van der Waals surface area (Å²) in [5.74, 6) is 1.19. The van der Waals surface area contributed by atoms with Crippen LogP contribution in [0.5, 0.6) is 11.5 Å². The first-order valence-corrected chi connectivity index (χ1v) is 8.38. The molecule has 0 aliphatic heterocycles. The highest BCUT2D eigenvalue weighted by Crippen LogP contribution is 2.17. The summed E-state index contributed by atoms with van der Waals surface area (Å²) in [5, 5.41) is 2.78. The monoisotopic (exact) mass is 344 g/mol. The van der Waals surface area contributed by atoms with Crippen molar-refractivity contribution in [3.05, 3.63) is 58.5 Å². The maximum absolute atomic E-state index is 11.8. The molecular weight excluding hydrogens is 320 g/mol. The van der Waals surface area contributed by atoms with Gasteiger partial charge in [0.2, 0.25) is 0 Å². The van der Waals surface area contributed by atoms with E-state index >= 15 is 0 Å². The third-order valence-corrected chi connectivity index (χ3v) is 3.55. The molecular formula is C19H24N2O4. The van der Waals surface area contributed by atoms with Gasteiger partial charge in [0.05, 0.1) is 6.61 Å². The lowest BCUT2D eigenvalue weighted by Gasteiger charge is -2.09. The van der Waals surface area contributed by atoms with Crippen molar-refractivity contribution >= 4 is 5.91 Å². The van der Waals surface area contributed by atoms with E-state index in [4.69, 9.17) is 9.47 Å².